The van der Waals surface area contributed by atoms with E-state index in [2.05, 4.69) is 10.3 Å². The normalized spacial score (nSPS) is 12.1. The molecule has 1 heterocycles. The van der Waals surface area contributed by atoms with E-state index in [0.29, 0.717) is 24.3 Å². The zero-order valence-corrected chi connectivity index (χ0v) is 12.0. The van der Waals surface area contributed by atoms with Crippen molar-refractivity contribution >= 4 is 5.97 Å². The highest BCUT2D eigenvalue weighted by molar-refractivity contribution is 5.87. The van der Waals surface area contributed by atoms with Gasteiger partial charge in [0.2, 0.25) is 0 Å². The molecular weight excluding hydrogens is 290 g/mol. The predicted molar refractivity (Wildman–Crippen MR) is 77.7 cm³/mol. The minimum Gasteiger partial charge on any atom is -0.478 e. The second-order valence-corrected chi connectivity index (χ2v) is 5.08. The summed E-state index contributed by atoms with van der Waals surface area (Å²) >= 11 is 0. The van der Waals surface area contributed by atoms with Crippen molar-refractivity contribution in [3.8, 4) is 0 Å². The average molecular weight is 306 g/mol. The van der Waals surface area contributed by atoms with Crippen LogP contribution in [-0.4, -0.2) is 22.6 Å². The highest BCUT2D eigenvalue weighted by Crippen LogP contribution is 2.17. The van der Waals surface area contributed by atoms with E-state index >= 15 is 0 Å². The standard InChI is InChI=1S/C16H16F2N2O2/c1-10(12-4-13(17)6-14(18)5-12)7-19-9-15-3-2-11(8-20-15)16(21)22/h2-6,8,10,19H,7,9H2,1H3,(H,21,22). The van der Waals surface area contributed by atoms with Gasteiger partial charge in [0.15, 0.2) is 0 Å². The average Bonchev–Trinajstić information content (AvgIpc) is 2.46. The number of pyridine rings is 1. The number of halogens is 2. The van der Waals surface area contributed by atoms with Gasteiger partial charge in [-0.05, 0) is 35.7 Å². The van der Waals surface area contributed by atoms with Gasteiger partial charge >= 0.3 is 5.97 Å². The maximum Gasteiger partial charge on any atom is 0.337 e. The molecule has 22 heavy (non-hydrogen) atoms. The Balaban J connectivity index is 1.88. The Bertz CT molecular complexity index is 639. The van der Waals surface area contributed by atoms with Crippen LogP contribution >= 0.6 is 0 Å². The molecule has 0 saturated carbocycles. The van der Waals surface area contributed by atoms with Crippen LogP contribution in [0.15, 0.2) is 36.5 Å². The number of nitrogens with one attached hydrogen (secondary N) is 1. The van der Waals surface area contributed by atoms with Crippen LogP contribution in [0.3, 0.4) is 0 Å². The van der Waals surface area contributed by atoms with Gasteiger partial charge in [0, 0.05) is 25.4 Å². The third-order valence-electron chi connectivity index (χ3n) is 3.28. The van der Waals surface area contributed by atoms with Crippen molar-refractivity contribution in [2.75, 3.05) is 6.54 Å². The number of aromatic nitrogens is 1. The molecule has 2 N–H and O–H groups in total. The van der Waals surface area contributed by atoms with Crippen molar-refractivity contribution in [2.24, 2.45) is 0 Å². The van der Waals surface area contributed by atoms with Crippen molar-refractivity contribution in [1.82, 2.24) is 10.3 Å². The lowest BCUT2D eigenvalue weighted by molar-refractivity contribution is 0.0696. The van der Waals surface area contributed by atoms with E-state index in [0.717, 1.165) is 6.07 Å². The van der Waals surface area contributed by atoms with Gasteiger partial charge in [-0.1, -0.05) is 6.92 Å². The smallest absolute Gasteiger partial charge is 0.337 e. The summed E-state index contributed by atoms with van der Waals surface area (Å²) in [5.74, 6) is -2.27. The molecule has 0 aliphatic heterocycles. The first-order valence-electron chi connectivity index (χ1n) is 6.80. The van der Waals surface area contributed by atoms with Crippen LogP contribution in [0.25, 0.3) is 0 Å². The van der Waals surface area contributed by atoms with Crippen LogP contribution in [-0.2, 0) is 6.54 Å². The fraction of sp³-hybridized carbons (Fsp3) is 0.250. The minimum atomic E-state index is -1.02. The van der Waals surface area contributed by atoms with E-state index in [1.54, 1.807) is 6.07 Å². The topological polar surface area (TPSA) is 62.2 Å². The summed E-state index contributed by atoms with van der Waals surface area (Å²) < 4.78 is 26.3. The van der Waals surface area contributed by atoms with Crippen LogP contribution in [0.2, 0.25) is 0 Å². The molecule has 0 aliphatic rings. The molecule has 0 spiro atoms. The molecule has 1 aromatic heterocycles. The summed E-state index contributed by atoms with van der Waals surface area (Å²) in [5.41, 5.74) is 1.41. The summed E-state index contributed by atoms with van der Waals surface area (Å²) in [6, 6.07) is 6.59. The SMILES string of the molecule is CC(CNCc1ccc(C(=O)O)cn1)c1cc(F)cc(F)c1. The van der Waals surface area contributed by atoms with E-state index in [9.17, 15) is 13.6 Å². The lowest BCUT2D eigenvalue weighted by atomic mass is 10.0. The second kappa shape index (κ2) is 7.09. The first-order chi connectivity index (χ1) is 10.5. The molecule has 116 valence electrons. The molecule has 2 rings (SSSR count). The lowest BCUT2D eigenvalue weighted by Gasteiger charge is -2.13. The van der Waals surface area contributed by atoms with Crippen molar-refractivity contribution in [2.45, 2.75) is 19.4 Å². The third kappa shape index (κ3) is 4.33. The van der Waals surface area contributed by atoms with Crippen molar-refractivity contribution < 1.29 is 18.7 Å². The molecule has 1 unspecified atom stereocenters. The number of carboxylic acids is 1. The monoisotopic (exact) mass is 306 g/mol. The quantitative estimate of drug-likeness (QED) is 0.861. The molecule has 0 saturated heterocycles. The Labute approximate surface area is 126 Å². The number of hydrogen-bond donors (Lipinski definition) is 2. The van der Waals surface area contributed by atoms with Crippen molar-refractivity contribution in [3.05, 3.63) is 65.0 Å². The fourth-order valence-electron chi connectivity index (χ4n) is 2.05. The molecule has 0 aliphatic carbocycles. The summed E-state index contributed by atoms with van der Waals surface area (Å²) in [5, 5.41) is 11.9. The Morgan fingerprint density at radius 3 is 2.50 bits per heavy atom. The summed E-state index contributed by atoms with van der Waals surface area (Å²) in [7, 11) is 0. The molecular formula is C16H16F2N2O2. The van der Waals surface area contributed by atoms with E-state index in [1.807, 2.05) is 6.92 Å². The van der Waals surface area contributed by atoms with Gasteiger partial charge in [0.25, 0.3) is 0 Å². The first-order valence-corrected chi connectivity index (χ1v) is 6.80. The number of carbonyl (C=O) groups is 1. The fourth-order valence-corrected chi connectivity index (χ4v) is 2.05. The number of rotatable bonds is 6. The van der Waals surface area contributed by atoms with Crippen LogP contribution < -0.4 is 5.32 Å². The van der Waals surface area contributed by atoms with E-state index in [-0.39, 0.29) is 11.5 Å². The largest absolute Gasteiger partial charge is 0.478 e. The number of nitrogens with zero attached hydrogens (tertiary/aromatic N) is 1. The molecule has 0 fully saturated rings. The number of benzene rings is 1. The van der Waals surface area contributed by atoms with E-state index < -0.39 is 17.6 Å². The van der Waals surface area contributed by atoms with Gasteiger partial charge in [-0.15, -0.1) is 0 Å². The molecule has 0 amide bonds. The minimum absolute atomic E-state index is 0.0662. The Hall–Kier alpha value is -2.34. The molecule has 1 atom stereocenters. The van der Waals surface area contributed by atoms with E-state index in [4.69, 9.17) is 5.11 Å². The zero-order valence-electron chi connectivity index (χ0n) is 12.0. The van der Waals surface area contributed by atoms with Gasteiger partial charge in [0.05, 0.1) is 11.3 Å². The van der Waals surface area contributed by atoms with Crippen molar-refractivity contribution in [3.63, 3.8) is 0 Å². The van der Waals surface area contributed by atoms with Crippen LogP contribution in [0, 0.1) is 11.6 Å². The van der Waals surface area contributed by atoms with Crippen LogP contribution in [0.5, 0.6) is 0 Å². The summed E-state index contributed by atoms with van der Waals surface area (Å²) in [6.45, 7) is 2.83. The summed E-state index contributed by atoms with van der Waals surface area (Å²) in [4.78, 5) is 14.7. The Kier molecular flexibility index (Phi) is 5.16. The molecule has 2 aromatic rings. The second-order valence-electron chi connectivity index (χ2n) is 5.08. The molecule has 0 bridgehead atoms. The lowest BCUT2D eigenvalue weighted by Crippen LogP contribution is -2.20. The molecule has 6 heteroatoms. The number of hydrogen-bond acceptors (Lipinski definition) is 3. The van der Waals surface area contributed by atoms with Crippen LogP contribution in [0.4, 0.5) is 8.78 Å². The number of carboxylic acid groups (broad SMARTS) is 1. The maximum absolute atomic E-state index is 13.2. The Morgan fingerprint density at radius 2 is 1.95 bits per heavy atom. The maximum atomic E-state index is 13.2. The molecule has 1 aromatic carbocycles. The first kappa shape index (κ1) is 16.0. The third-order valence-corrected chi connectivity index (χ3v) is 3.28. The van der Waals surface area contributed by atoms with Gasteiger partial charge in [-0.25, -0.2) is 13.6 Å². The predicted octanol–water partition coefficient (Wildman–Crippen LogP) is 2.95. The van der Waals surface area contributed by atoms with Crippen molar-refractivity contribution in [1.29, 1.82) is 0 Å². The molecule has 0 radical (unpaired) electrons. The highest BCUT2D eigenvalue weighted by atomic mass is 19.1. The van der Waals surface area contributed by atoms with Gasteiger partial charge < -0.3 is 10.4 Å². The van der Waals surface area contributed by atoms with Gasteiger partial charge in [-0.3, -0.25) is 4.98 Å². The summed E-state index contributed by atoms with van der Waals surface area (Å²) in [6.07, 6.45) is 1.30. The molecule has 4 nitrogen and oxygen atoms in total. The highest BCUT2D eigenvalue weighted by Gasteiger charge is 2.09. The van der Waals surface area contributed by atoms with Gasteiger partial charge in [0.1, 0.15) is 11.6 Å². The Morgan fingerprint density at radius 1 is 1.27 bits per heavy atom. The van der Waals surface area contributed by atoms with E-state index in [1.165, 1.54) is 24.4 Å². The number of aromatic carboxylic acids is 1. The van der Waals surface area contributed by atoms with Gasteiger partial charge in [-0.2, -0.15) is 0 Å². The zero-order chi connectivity index (χ0) is 16.1. The van der Waals surface area contributed by atoms with Crippen LogP contribution in [0.1, 0.15) is 34.5 Å².